The van der Waals surface area contributed by atoms with Crippen molar-refractivity contribution in [2.24, 2.45) is 0 Å². The van der Waals surface area contributed by atoms with Crippen molar-refractivity contribution < 1.29 is 14.1 Å². The smallest absolute Gasteiger partial charge is 0.414 e. The van der Waals surface area contributed by atoms with Crippen LogP contribution in [0.3, 0.4) is 0 Å². The molecule has 9 heteroatoms. The third kappa shape index (κ3) is 4.22. The van der Waals surface area contributed by atoms with Gasteiger partial charge >= 0.3 is 6.09 Å². The number of hydrogen-bond donors (Lipinski definition) is 0. The van der Waals surface area contributed by atoms with Crippen molar-refractivity contribution >= 4 is 17.5 Å². The van der Waals surface area contributed by atoms with E-state index >= 15 is 0 Å². The molecule has 0 N–H and O–H groups in total. The van der Waals surface area contributed by atoms with Gasteiger partial charge in [-0.2, -0.15) is 4.98 Å². The van der Waals surface area contributed by atoms with Gasteiger partial charge in [0.1, 0.15) is 6.10 Å². The molecule has 3 aromatic rings. The van der Waals surface area contributed by atoms with Crippen LogP contribution < -0.4 is 9.80 Å². The number of carbonyl (C=O) groups excluding carboxylic acids is 1. The van der Waals surface area contributed by atoms with E-state index in [1.54, 1.807) is 11.8 Å². The number of anilines is 2. The van der Waals surface area contributed by atoms with E-state index in [2.05, 4.69) is 24.9 Å². The van der Waals surface area contributed by atoms with E-state index in [-0.39, 0.29) is 12.2 Å². The fourth-order valence-electron chi connectivity index (χ4n) is 4.09. The van der Waals surface area contributed by atoms with Gasteiger partial charge in [0.05, 0.1) is 6.54 Å². The number of cyclic esters (lactones) is 1. The molecule has 0 spiro atoms. The number of piperazine rings is 1. The van der Waals surface area contributed by atoms with Crippen molar-refractivity contribution in [3.63, 3.8) is 0 Å². The van der Waals surface area contributed by atoms with Gasteiger partial charge in [-0.1, -0.05) is 17.3 Å². The van der Waals surface area contributed by atoms with Gasteiger partial charge in [-0.15, -0.1) is 0 Å². The maximum absolute atomic E-state index is 12.5. The normalized spacial score (nSPS) is 19.6. The molecule has 0 aliphatic carbocycles. The van der Waals surface area contributed by atoms with Crippen molar-refractivity contribution in [1.82, 2.24) is 20.0 Å². The van der Waals surface area contributed by atoms with Crippen molar-refractivity contribution in [3.8, 4) is 11.4 Å². The Morgan fingerprint density at radius 3 is 2.61 bits per heavy atom. The van der Waals surface area contributed by atoms with E-state index in [4.69, 9.17) is 9.26 Å². The van der Waals surface area contributed by atoms with Gasteiger partial charge in [-0.05, 0) is 24.3 Å². The van der Waals surface area contributed by atoms with Crippen molar-refractivity contribution in [2.45, 2.75) is 13.0 Å². The molecule has 0 saturated carbocycles. The predicted octanol–water partition coefficient (Wildman–Crippen LogP) is 2.59. The van der Waals surface area contributed by atoms with Crippen LogP contribution in [0.15, 0.2) is 53.3 Å². The third-order valence-electron chi connectivity index (χ3n) is 5.68. The molecule has 2 aromatic heterocycles. The highest BCUT2D eigenvalue weighted by Crippen LogP contribution is 2.27. The first-order chi connectivity index (χ1) is 15.2. The number of benzene rings is 1. The zero-order valence-electron chi connectivity index (χ0n) is 17.3. The van der Waals surface area contributed by atoms with Crippen LogP contribution in [0.4, 0.5) is 16.2 Å². The highest BCUT2D eigenvalue weighted by Gasteiger charge is 2.34. The molecule has 31 heavy (non-hydrogen) atoms. The number of amides is 1. The molecular weight excluding hydrogens is 396 g/mol. The molecular formula is C22H24N6O3. The number of nitrogens with zero attached hydrogens (tertiary/aromatic N) is 6. The second-order valence-electron chi connectivity index (χ2n) is 7.80. The summed E-state index contributed by atoms with van der Waals surface area (Å²) in [6.45, 7) is 6.77. The SMILES string of the molecule is Cc1nc(-c2cccc(N3CC(CN4CCN(c5ccncc5)CC4)OC3=O)c2)no1. The Bertz CT molecular complexity index is 1050. The molecule has 0 radical (unpaired) electrons. The molecule has 2 aliphatic heterocycles. The van der Waals surface area contributed by atoms with Crippen molar-refractivity contribution in [2.75, 3.05) is 49.1 Å². The topological polar surface area (TPSA) is 87.8 Å². The first-order valence-electron chi connectivity index (χ1n) is 10.4. The fraction of sp³-hybridized carbons (Fsp3) is 0.364. The standard InChI is InChI=1S/C22H24N6O3/c1-16-24-21(25-31-16)17-3-2-4-19(13-17)28-15-20(30-22(28)29)14-26-9-11-27(12-10-26)18-5-7-23-8-6-18/h2-8,13,20H,9-12,14-15H2,1H3. The van der Waals surface area contributed by atoms with Crippen LogP contribution in [-0.2, 0) is 4.74 Å². The van der Waals surface area contributed by atoms with Crippen LogP contribution in [0, 0.1) is 6.92 Å². The van der Waals surface area contributed by atoms with Crippen molar-refractivity contribution in [3.05, 3.63) is 54.7 Å². The van der Waals surface area contributed by atoms with Crippen LogP contribution in [0.5, 0.6) is 0 Å². The lowest BCUT2D eigenvalue weighted by molar-refractivity contribution is 0.106. The van der Waals surface area contributed by atoms with Crippen LogP contribution in [0.1, 0.15) is 5.89 Å². The zero-order valence-corrected chi connectivity index (χ0v) is 17.3. The molecule has 4 heterocycles. The summed E-state index contributed by atoms with van der Waals surface area (Å²) in [7, 11) is 0. The molecule has 1 unspecified atom stereocenters. The first kappa shape index (κ1) is 19.5. The quantitative estimate of drug-likeness (QED) is 0.622. The summed E-state index contributed by atoms with van der Waals surface area (Å²) in [6, 6.07) is 11.6. The molecule has 5 rings (SSSR count). The first-order valence-corrected chi connectivity index (χ1v) is 10.4. The largest absolute Gasteiger partial charge is 0.443 e. The molecule has 1 amide bonds. The molecule has 2 aliphatic rings. The third-order valence-corrected chi connectivity index (χ3v) is 5.68. The van der Waals surface area contributed by atoms with Gasteiger partial charge < -0.3 is 14.2 Å². The van der Waals surface area contributed by atoms with Crippen LogP contribution in [0.25, 0.3) is 11.4 Å². The Hall–Kier alpha value is -3.46. The number of hydrogen-bond acceptors (Lipinski definition) is 8. The summed E-state index contributed by atoms with van der Waals surface area (Å²) >= 11 is 0. The highest BCUT2D eigenvalue weighted by atomic mass is 16.6. The average molecular weight is 420 g/mol. The van der Waals surface area contributed by atoms with Gasteiger partial charge in [0.25, 0.3) is 0 Å². The molecule has 160 valence electrons. The Labute approximate surface area is 180 Å². The fourth-order valence-corrected chi connectivity index (χ4v) is 4.09. The van der Waals surface area contributed by atoms with E-state index < -0.39 is 0 Å². The van der Waals surface area contributed by atoms with Gasteiger partial charge in [0.2, 0.25) is 11.7 Å². The van der Waals surface area contributed by atoms with Gasteiger partial charge in [0, 0.05) is 69.0 Å². The number of pyridine rings is 1. The van der Waals surface area contributed by atoms with E-state index in [9.17, 15) is 4.79 Å². The number of carbonyl (C=O) groups is 1. The summed E-state index contributed by atoms with van der Waals surface area (Å²) in [5.74, 6) is 1.01. The highest BCUT2D eigenvalue weighted by molar-refractivity contribution is 5.90. The van der Waals surface area contributed by atoms with Gasteiger partial charge in [-0.25, -0.2) is 4.79 Å². The number of aromatic nitrogens is 3. The lowest BCUT2D eigenvalue weighted by atomic mass is 10.1. The number of aryl methyl sites for hydroxylation is 1. The van der Waals surface area contributed by atoms with E-state index in [1.165, 1.54) is 5.69 Å². The Kier molecular flexibility index (Phi) is 5.25. The monoisotopic (exact) mass is 420 g/mol. The minimum atomic E-state index is -0.318. The Balaban J connectivity index is 1.19. The molecule has 0 bridgehead atoms. The minimum absolute atomic E-state index is 0.156. The van der Waals surface area contributed by atoms with Crippen LogP contribution in [0.2, 0.25) is 0 Å². The van der Waals surface area contributed by atoms with Crippen LogP contribution >= 0.6 is 0 Å². The number of rotatable bonds is 5. The summed E-state index contributed by atoms with van der Waals surface area (Å²) < 4.78 is 10.7. The predicted molar refractivity (Wildman–Crippen MR) is 115 cm³/mol. The second kappa shape index (κ2) is 8.35. The molecule has 1 atom stereocenters. The summed E-state index contributed by atoms with van der Waals surface area (Å²) in [4.78, 5) is 27.3. The lowest BCUT2D eigenvalue weighted by Crippen LogP contribution is -2.49. The molecule has 1 aromatic carbocycles. The summed E-state index contributed by atoms with van der Waals surface area (Å²) in [5.41, 5.74) is 2.78. The maximum Gasteiger partial charge on any atom is 0.414 e. The van der Waals surface area contributed by atoms with E-state index in [0.717, 1.165) is 44.0 Å². The molecule has 2 fully saturated rings. The zero-order chi connectivity index (χ0) is 21.2. The average Bonchev–Trinajstić information content (AvgIpc) is 3.40. The maximum atomic E-state index is 12.5. The van der Waals surface area contributed by atoms with Crippen LogP contribution in [-0.4, -0.2) is 71.5 Å². The minimum Gasteiger partial charge on any atom is -0.443 e. The summed E-state index contributed by atoms with van der Waals surface area (Å²) in [6.07, 6.45) is 3.17. The van der Waals surface area contributed by atoms with E-state index in [1.807, 2.05) is 48.8 Å². The van der Waals surface area contributed by atoms with Crippen molar-refractivity contribution in [1.29, 1.82) is 0 Å². The second-order valence-corrected chi connectivity index (χ2v) is 7.80. The number of ether oxygens (including phenoxy) is 1. The molecule has 9 nitrogen and oxygen atoms in total. The molecule has 2 saturated heterocycles. The Morgan fingerprint density at radius 1 is 1.06 bits per heavy atom. The summed E-state index contributed by atoms with van der Waals surface area (Å²) in [5, 5.41) is 3.96. The van der Waals surface area contributed by atoms with Gasteiger partial charge in [0.15, 0.2) is 0 Å². The Morgan fingerprint density at radius 2 is 1.87 bits per heavy atom. The lowest BCUT2D eigenvalue weighted by Gasteiger charge is -2.36. The van der Waals surface area contributed by atoms with Gasteiger partial charge in [-0.3, -0.25) is 14.8 Å². The van der Waals surface area contributed by atoms with E-state index in [0.29, 0.717) is 18.3 Å².